The minimum atomic E-state index is -0.413. The van der Waals surface area contributed by atoms with Crippen molar-refractivity contribution in [2.24, 2.45) is 0 Å². The van der Waals surface area contributed by atoms with Gasteiger partial charge in [0.05, 0.1) is 22.1 Å². The van der Waals surface area contributed by atoms with Crippen molar-refractivity contribution in [1.82, 2.24) is 40.1 Å². The molecule has 2 N–H and O–H groups in total. The van der Waals surface area contributed by atoms with Crippen LogP contribution in [0.25, 0.3) is 55.8 Å². The Hall–Kier alpha value is -4.53. The molecule has 5 aromatic heterocycles. The number of nitrogens with zero attached hydrogens (tertiary/aromatic N) is 6. The minimum absolute atomic E-state index is 0.346. The van der Waals surface area contributed by atoms with Gasteiger partial charge in [0.15, 0.2) is 5.82 Å². The largest absolute Gasteiger partial charge is 0.336 e. The molecule has 31 heavy (non-hydrogen) atoms. The Morgan fingerprint density at radius 2 is 1.61 bits per heavy atom. The average Bonchev–Trinajstić information content (AvgIpc) is 3.45. The van der Waals surface area contributed by atoms with Crippen molar-refractivity contribution in [3.63, 3.8) is 0 Å². The summed E-state index contributed by atoms with van der Waals surface area (Å²) in [6, 6.07) is 9.03. The molecule has 0 bridgehead atoms. The topological polar surface area (TPSA) is 109 Å². The molecular weight excluding hydrogens is 395 g/mol. The summed E-state index contributed by atoms with van der Waals surface area (Å²) in [7, 11) is 0. The molecule has 6 aromatic rings. The highest BCUT2D eigenvalue weighted by molar-refractivity contribution is 5.98. The zero-order valence-corrected chi connectivity index (χ0v) is 15.9. The van der Waals surface area contributed by atoms with Crippen molar-refractivity contribution in [3.05, 3.63) is 73.5 Å². The number of nitrogens with one attached hydrogen (secondary N) is 2. The highest BCUT2D eigenvalue weighted by atomic mass is 19.1. The number of rotatable bonds is 3. The first-order chi connectivity index (χ1) is 15.3. The van der Waals surface area contributed by atoms with E-state index in [2.05, 4.69) is 35.1 Å². The number of hydrogen-bond acceptors (Lipinski definition) is 6. The molecule has 0 amide bonds. The molecular formula is C22H13FN8. The highest BCUT2D eigenvalue weighted by Gasteiger charge is 2.20. The van der Waals surface area contributed by atoms with Gasteiger partial charge in [-0.05, 0) is 30.3 Å². The first-order valence-corrected chi connectivity index (χ1v) is 9.47. The normalized spacial score (nSPS) is 11.4. The fourth-order valence-corrected chi connectivity index (χ4v) is 3.67. The molecule has 0 aliphatic carbocycles. The van der Waals surface area contributed by atoms with Gasteiger partial charge in [0.25, 0.3) is 0 Å². The molecule has 0 aliphatic rings. The summed E-state index contributed by atoms with van der Waals surface area (Å²) in [6.07, 6.45) is 9.67. The van der Waals surface area contributed by atoms with E-state index in [-0.39, 0.29) is 0 Å². The van der Waals surface area contributed by atoms with Crippen LogP contribution in [0.2, 0.25) is 0 Å². The molecule has 6 rings (SSSR count). The van der Waals surface area contributed by atoms with E-state index in [9.17, 15) is 0 Å². The lowest BCUT2D eigenvalue weighted by Crippen LogP contribution is -1.90. The molecule has 0 aliphatic heterocycles. The number of hydrogen-bond donors (Lipinski definition) is 2. The molecule has 0 radical (unpaired) electrons. The van der Waals surface area contributed by atoms with Crippen LogP contribution in [-0.2, 0) is 0 Å². The summed E-state index contributed by atoms with van der Waals surface area (Å²) in [6.45, 7) is 0. The van der Waals surface area contributed by atoms with Crippen molar-refractivity contribution >= 4 is 21.9 Å². The van der Waals surface area contributed by atoms with E-state index < -0.39 is 5.82 Å². The molecule has 0 fully saturated rings. The number of benzene rings is 1. The molecule has 1 aromatic carbocycles. The second kappa shape index (κ2) is 6.77. The summed E-state index contributed by atoms with van der Waals surface area (Å²) in [5.74, 6) is 0.0360. The van der Waals surface area contributed by atoms with Crippen LogP contribution in [0, 0.1) is 5.82 Å². The van der Waals surface area contributed by atoms with Gasteiger partial charge in [-0.3, -0.25) is 15.1 Å². The van der Waals surface area contributed by atoms with Crippen LogP contribution in [0.1, 0.15) is 0 Å². The number of fused-ring (bicyclic) bond motifs is 2. The summed E-state index contributed by atoms with van der Waals surface area (Å²) in [5.41, 5.74) is 5.00. The van der Waals surface area contributed by atoms with Crippen molar-refractivity contribution in [2.75, 3.05) is 0 Å². The number of imidazole rings is 1. The van der Waals surface area contributed by atoms with E-state index in [0.29, 0.717) is 44.8 Å². The van der Waals surface area contributed by atoms with Crippen molar-refractivity contribution in [1.29, 1.82) is 0 Å². The van der Waals surface area contributed by atoms with Gasteiger partial charge in [-0.1, -0.05) is 0 Å². The van der Waals surface area contributed by atoms with E-state index in [4.69, 9.17) is 4.98 Å². The fourth-order valence-electron chi connectivity index (χ4n) is 3.67. The Kier molecular flexibility index (Phi) is 3.79. The number of H-pyrrole nitrogens is 2. The maximum atomic E-state index is 15.6. The lowest BCUT2D eigenvalue weighted by molar-refractivity contribution is 0.643. The summed E-state index contributed by atoms with van der Waals surface area (Å²) in [5, 5.41) is 7.58. The smallest absolute Gasteiger partial charge is 0.159 e. The minimum Gasteiger partial charge on any atom is -0.336 e. The first-order valence-electron chi connectivity index (χ1n) is 9.47. The van der Waals surface area contributed by atoms with E-state index in [1.54, 1.807) is 43.1 Å². The van der Waals surface area contributed by atoms with Crippen LogP contribution < -0.4 is 0 Å². The molecule has 0 spiro atoms. The molecule has 0 unspecified atom stereocenters. The average molecular weight is 408 g/mol. The summed E-state index contributed by atoms with van der Waals surface area (Å²) >= 11 is 0. The molecule has 0 saturated carbocycles. The van der Waals surface area contributed by atoms with Crippen LogP contribution in [0.5, 0.6) is 0 Å². The van der Waals surface area contributed by atoms with Crippen LogP contribution in [0.3, 0.4) is 0 Å². The van der Waals surface area contributed by atoms with Crippen molar-refractivity contribution < 1.29 is 4.39 Å². The van der Waals surface area contributed by atoms with E-state index in [1.807, 2.05) is 18.2 Å². The third-order valence-corrected chi connectivity index (χ3v) is 5.12. The third-order valence-electron chi connectivity index (χ3n) is 5.12. The standard InChI is InChI=1S/C22H13FN8/c23-18-14(13-9-25-11-26-10-13)1-2-15-17(18)21(31-30-15)22-28-16-5-8-27-19(20(16)29-22)12-3-6-24-7-4-12/h1-11H,(H,28,29)(H,30,31). The lowest BCUT2D eigenvalue weighted by atomic mass is 10.0. The van der Waals surface area contributed by atoms with E-state index >= 15 is 4.39 Å². The second-order valence-corrected chi connectivity index (χ2v) is 6.93. The Labute approximate surface area is 174 Å². The van der Waals surface area contributed by atoms with Gasteiger partial charge >= 0.3 is 0 Å². The van der Waals surface area contributed by atoms with E-state index in [1.165, 1.54) is 6.33 Å². The summed E-state index contributed by atoms with van der Waals surface area (Å²) in [4.78, 5) is 24.5. The Bertz CT molecular complexity index is 1540. The van der Waals surface area contributed by atoms with Gasteiger partial charge in [-0.15, -0.1) is 0 Å². The Balaban J connectivity index is 1.56. The van der Waals surface area contributed by atoms with Gasteiger partial charge in [-0.2, -0.15) is 5.10 Å². The van der Waals surface area contributed by atoms with Gasteiger partial charge in [0, 0.05) is 47.7 Å². The van der Waals surface area contributed by atoms with Crippen LogP contribution in [0.4, 0.5) is 4.39 Å². The molecule has 148 valence electrons. The predicted molar refractivity (Wildman–Crippen MR) is 113 cm³/mol. The zero-order chi connectivity index (χ0) is 20.8. The van der Waals surface area contributed by atoms with Crippen LogP contribution >= 0.6 is 0 Å². The predicted octanol–water partition coefficient (Wildman–Crippen LogP) is 4.16. The molecule has 9 heteroatoms. The SMILES string of the molecule is Fc1c(-c2cncnc2)ccc2[nH]nc(-c3nc4c(-c5ccncc5)nccc4[nH]3)c12. The maximum Gasteiger partial charge on any atom is 0.159 e. The monoisotopic (exact) mass is 408 g/mol. The first kappa shape index (κ1) is 17.3. The molecule has 0 saturated heterocycles. The number of halogens is 1. The fraction of sp³-hybridized carbons (Fsp3) is 0. The van der Waals surface area contributed by atoms with Gasteiger partial charge in [0.1, 0.15) is 23.4 Å². The molecule has 5 heterocycles. The number of pyridine rings is 2. The number of aromatic nitrogens is 8. The Morgan fingerprint density at radius 1 is 0.774 bits per heavy atom. The van der Waals surface area contributed by atoms with Gasteiger partial charge in [0.2, 0.25) is 0 Å². The molecule has 0 atom stereocenters. The third kappa shape index (κ3) is 2.75. The van der Waals surface area contributed by atoms with Crippen LogP contribution in [-0.4, -0.2) is 40.1 Å². The highest BCUT2D eigenvalue weighted by Crippen LogP contribution is 2.34. The van der Waals surface area contributed by atoms with E-state index in [0.717, 1.165) is 11.1 Å². The van der Waals surface area contributed by atoms with Gasteiger partial charge < -0.3 is 4.98 Å². The lowest BCUT2D eigenvalue weighted by Gasteiger charge is -2.04. The zero-order valence-electron chi connectivity index (χ0n) is 15.9. The van der Waals surface area contributed by atoms with Crippen LogP contribution in [0.15, 0.2) is 67.6 Å². The summed E-state index contributed by atoms with van der Waals surface area (Å²) < 4.78 is 15.6. The second-order valence-electron chi connectivity index (χ2n) is 6.93. The maximum absolute atomic E-state index is 15.6. The number of aromatic amines is 2. The Morgan fingerprint density at radius 3 is 2.45 bits per heavy atom. The van der Waals surface area contributed by atoms with Crippen molar-refractivity contribution in [3.8, 4) is 33.9 Å². The van der Waals surface area contributed by atoms with Gasteiger partial charge in [-0.25, -0.2) is 19.3 Å². The quantitative estimate of drug-likeness (QED) is 0.455. The van der Waals surface area contributed by atoms with Crippen molar-refractivity contribution in [2.45, 2.75) is 0 Å². The molecule has 8 nitrogen and oxygen atoms in total.